The highest BCUT2D eigenvalue weighted by Crippen LogP contribution is 2.48. The fourth-order valence-corrected chi connectivity index (χ4v) is 4.30. The van der Waals surface area contributed by atoms with E-state index in [0.717, 1.165) is 23.7 Å². The Kier molecular flexibility index (Phi) is 2.11. The van der Waals surface area contributed by atoms with E-state index in [-0.39, 0.29) is 0 Å². The van der Waals surface area contributed by atoms with Gasteiger partial charge in [-0.05, 0) is 42.9 Å². The smallest absolute Gasteiger partial charge is 0.0383 e. The van der Waals surface area contributed by atoms with Crippen LogP contribution in [0.5, 0.6) is 0 Å². The molecule has 4 unspecified atom stereocenters. The SMILES string of the molecule is C1CC2CCC3CCC(C3)C(C1)C2. The number of fused-ring (bicyclic) bond motifs is 5. The molecule has 0 aromatic rings. The van der Waals surface area contributed by atoms with E-state index in [1.165, 1.54) is 0 Å². The average molecular weight is 178 g/mol. The zero-order valence-corrected chi connectivity index (χ0v) is 8.67. The van der Waals surface area contributed by atoms with Crippen molar-refractivity contribution in [3.8, 4) is 0 Å². The number of rotatable bonds is 0. The number of hydrogen-bond donors (Lipinski definition) is 0. The highest BCUT2D eigenvalue weighted by atomic mass is 14.4. The molecule has 3 saturated carbocycles. The molecule has 4 bridgehead atoms. The molecule has 0 amide bonds. The second kappa shape index (κ2) is 3.29. The molecule has 3 aliphatic carbocycles. The third-order valence-electron chi connectivity index (χ3n) is 5.05. The molecule has 0 saturated heterocycles. The zero-order chi connectivity index (χ0) is 8.67. The van der Waals surface area contributed by atoms with Crippen LogP contribution in [-0.4, -0.2) is 0 Å². The van der Waals surface area contributed by atoms with E-state index in [2.05, 4.69) is 0 Å². The van der Waals surface area contributed by atoms with Gasteiger partial charge < -0.3 is 0 Å². The summed E-state index contributed by atoms with van der Waals surface area (Å²) in [5.74, 6) is 4.60. The van der Waals surface area contributed by atoms with E-state index in [1.807, 2.05) is 0 Å². The predicted octanol–water partition coefficient (Wildman–Crippen LogP) is 4.00. The van der Waals surface area contributed by atoms with Crippen LogP contribution in [0.15, 0.2) is 0 Å². The van der Waals surface area contributed by atoms with Crippen LogP contribution in [-0.2, 0) is 0 Å². The summed E-state index contributed by atoms with van der Waals surface area (Å²) in [6.45, 7) is 0. The van der Waals surface area contributed by atoms with Crippen LogP contribution in [0.2, 0.25) is 0 Å². The van der Waals surface area contributed by atoms with Gasteiger partial charge in [-0.25, -0.2) is 0 Å². The lowest BCUT2D eigenvalue weighted by molar-refractivity contribution is 0.164. The summed E-state index contributed by atoms with van der Waals surface area (Å²) >= 11 is 0. The molecule has 3 aliphatic rings. The van der Waals surface area contributed by atoms with Crippen LogP contribution in [0.1, 0.15) is 57.8 Å². The molecule has 0 heterocycles. The molecule has 0 nitrogen and oxygen atoms in total. The van der Waals surface area contributed by atoms with Gasteiger partial charge in [-0.15, -0.1) is 0 Å². The second-order valence-corrected chi connectivity index (χ2v) is 5.81. The van der Waals surface area contributed by atoms with E-state index < -0.39 is 0 Å². The molecule has 0 radical (unpaired) electrons. The zero-order valence-electron chi connectivity index (χ0n) is 8.67. The summed E-state index contributed by atoms with van der Waals surface area (Å²) in [6.07, 6.45) is 14.2. The van der Waals surface area contributed by atoms with Crippen molar-refractivity contribution in [2.45, 2.75) is 57.8 Å². The highest BCUT2D eigenvalue weighted by Gasteiger charge is 2.36. The first kappa shape index (κ1) is 8.32. The summed E-state index contributed by atoms with van der Waals surface area (Å²) in [4.78, 5) is 0. The van der Waals surface area contributed by atoms with Crippen molar-refractivity contribution in [3.05, 3.63) is 0 Å². The molecule has 74 valence electrons. The lowest BCUT2D eigenvalue weighted by atomic mass is 9.71. The fourth-order valence-electron chi connectivity index (χ4n) is 4.30. The number of hydrogen-bond acceptors (Lipinski definition) is 0. The Hall–Kier alpha value is 0. The summed E-state index contributed by atoms with van der Waals surface area (Å²) in [7, 11) is 0. The van der Waals surface area contributed by atoms with Crippen LogP contribution in [0, 0.1) is 23.7 Å². The van der Waals surface area contributed by atoms with Crippen LogP contribution in [0.4, 0.5) is 0 Å². The summed E-state index contributed by atoms with van der Waals surface area (Å²) in [6, 6.07) is 0. The molecule has 3 fully saturated rings. The van der Waals surface area contributed by atoms with Gasteiger partial charge in [-0.2, -0.15) is 0 Å². The molecular weight excluding hydrogens is 156 g/mol. The monoisotopic (exact) mass is 178 g/mol. The van der Waals surface area contributed by atoms with Gasteiger partial charge in [-0.3, -0.25) is 0 Å². The Morgan fingerprint density at radius 2 is 1.15 bits per heavy atom. The Labute approximate surface area is 82.1 Å². The average Bonchev–Trinajstić information content (AvgIpc) is 2.63. The van der Waals surface area contributed by atoms with E-state index in [4.69, 9.17) is 0 Å². The van der Waals surface area contributed by atoms with Gasteiger partial charge in [0, 0.05) is 0 Å². The quantitative estimate of drug-likeness (QED) is 0.526. The Morgan fingerprint density at radius 1 is 0.538 bits per heavy atom. The van der Waals surface area contributed by atoms with Gasteiger partial charge in [0.2, 0.25) is 0 Å². The molecular formula is C13H22. The van der Waals surface area contributed by atoms with E-state index >= 15 is 0 Å². The third kappa shape index (κ3) is 1.53. The van der Waals surface area contributed by atoms with Crippen molar-refractivity contribution in [2.24, 2.45) is 23.7 Å². The van der Waals surface area contributed by atoms with Gasteiger partial charge >= 0.3 is 0 Å². The van der Waals surface area contributed by atoms with Crippen molar-refractivity contribution in [1.82, 2.24) is 0 Å². The van der Waals surface area contributed by atoms with Crippen molar-refractivity contribution >= 4 is 0 Å². The van der Waals surface area contributed by atoms with Crippen molar-refractivity contribution in [1.29, 1.82) is 0 Å². The minimum atomic E-state index is 1.14. The predicted molar refractivity (Wildman–Crippen MR) is 55.5 cm³/mol. The van der Waals surface area contributed by atoms with Crippen LogP contribution >= 0.6 is 0 Å². The van der Waals surface area contributed by atoms with Crippen LogP contribution < -0.4 is 0 Å². The Balaban J connectivity index is 1.77. The van der Waals surface area contributed by atoms with Gasteiger partial charge in [0.1, 0.15) is 0 Å². The summed E-state index contributed by atoms with van der Waals surface area (Å²) in [5, 5.41) is 0. The lowest BCUT2D eigenvalue weighted by Crippen LogP contribution is -2.23. The van der Waals surface area contributed by atoms with E-state index in [9.17, 15) is 0 Å². The van der Waals surface area contributed by atoms with E-state index in [1.54, 1.807) is 57.8 Å². The van der Waals surface area contributed by atoms with Gasteiger partial charge in [0.05, 0.1) is 0 Å². The minimum Gasteiger partial charge on any atom is -0.0528 e. The van der Waals surface area contributed by atoms with Gasteiger partial charge in [-0.1, -0.05) is 38.5 Å². The second-order valence-electron chi connectivity index (χ2n) is 5.81. The largest absolute Gasteiger partial charge is 0.0528 e. The molecule has 0 N–H and O–H groups in total. The molecule has 4 atom stereocenters. The Bertz CT molecular complexity index is 184. The Morgan fingerprint density at radius 3 is 2.00 bits per heavy atom. The lowest BCUT2D eigenvalue weighted by Gasteiger charge is -2.35. The summed E-state index contributed by atoms with van der Waals surface area (Å²) in [5.41, 5.74) is 0. The maximum absolute atomic E-state index is 1.61. The third-order valence-corrected chi connectivity index (χ3v) is 5.05. The maximum atomic E-state index is 1.61. The molecule has 0 aliphatic heterocycles. The molecule has 0 spiro atoms. The first-order chi connectivity index (χ1) is 6.42. The first-order valence-electron chi connectivity index (χ1n) is 6.42. The first-order valence-corrected chi connectivity index (χ1v) is 6.42. The standard InChI is InChI=1S/C13H22/c1-2-10-4-5-11-6-7-13(9-11)12(3-1)8-10/h10-13H,1-9H2. The molecule has 0 aromatic heterocycles. The van der Waals surface area contributed by atoms with Gasteiger partial charge in [0.15, 0.2) is 0 Å². The minimum absolute atomic E-state index is 1.14. The van der Waals surface area contributed by atoms with Crippen molar-refractivity contribution < 1.29 is 0 Å². The van der Waals surface area contributed by atoms with Crippen LogP contribution in [0.25, 0.3) is 0 Å². The van der Waals surface area contributed by atoms with E-state index in [0.29, 0.717) is 0 Å². The summed E-state index contributed by atoms with van der Waals surface area (Å²) < 4.78 is 0. The maximum Gasteiger partial charge on any atom is -0.0383 e. The molecule has 3 rings (SSSR count). The van der Waals surface area contributed by atoms with Crippen molar-refractivity contribution in [3.63, 3.8) is 0 Å². The van der Waals surface area contributed by atoms with Crippen LogP contribution in [0.3, 0.4) is 0 Å². The fraction of sp³-hybridized carbons (Fsp3) is 1.00. The molecule has 13 heavy (non-hydrogen) atoms. The molecule has 0 aromatic carbocycles. The molecule has 0 heteroatoms. The highest BCUT2D eigenvalue weighted by molar-refractivity contribution is 4.87. The van der Waals surface area contributed by atoms with Crippen molar-refractivity contribution in [2.75, 3.05) is 0 Å². The topological polar surface area (TPSA) is 0 Å². The normalized spacial score (nSPS) is 49.8. The van der Waals surface area contributed by atoms with Gasteiger partial charge in [0.25, 0.3) is 0 Å².